The van der Waals surface area contributed by atoms with Gasteiger partial charge in [-0.3, -0.25) is 0 Å². The van der Waals surface area contributed by atoms with Crippen LogP contribution in [0.25, 0.3) is 11.3 Å². The Morgan fingerprint density at radius 2 is 1.82 bits per heavy atom. The van der Waals surface area contributed by atoms with E-state index >= 15 is 0 Å². The summed E-state index contributed by atoms with van der Waals surface area (Å²) in [5, 5.41) is 6.69. The Morgan fingerprint density at radius 1 is 1.00 bits per heavy atom. The first-order chi connectivity index (χ1) is 13.7. The van der Waals surface area contributed by atoms with E-state index in [2.05, 4.69) is 29.7 Å². The van der Waals surface area contributed by atoms with Crippen molar-refractivity contribution in [1.29, 1.82) is 0 Å². The van der Waals surface area contributed by atoms with Crippen molar-refractivity contribution in [2.45, 2.75) is 25.7 Å². The quantitative estimate of drug-likeness (QED) is 0.550. The van der Waals surface area contributed by atoms with Crippen molar-refractivity contribution in [2.75, 3.05) is 26.0 Å². The van der Waals surface area contributed by atoms with Crippen LogP contribution in [0.4, 0.5) is 11.5 Å². The first kappa shape index (κ1) is 19.8. The van der Waals surface area contributed by atoms with Crippen molar-refractivity contribution in [3.63, 3.8) is 0 Å². The molecule has 3 rings (SSSR count). The van der Waals surface area contributed by atoms with Gasteiger partial charge in [-0.15, -0.1) is 0 Å². The predicted molar refractivity (Wildman–Crippen MR) is 115 cm³/mol. The highest BCUT2D eigenvalue weighted by atomic mass is 16.5. The Labute approximate surface area is 167 Å². The molecular formula is C23H28N4O. The summed E-state index contributed by atoms with van der Waals surface area (Å²) in [5.41, 5.74) is 2.94. The maximum Gasteiger partial charge on any atom is 0.135 e. The molecule has 0 spiro atoms. The second-order valence-corrected chi connectivity index (χ2v) is 6.76. The molecule has 2 N–H and O–H groups in total. The largest absolute Gasteiger partial charge is 0.497 e. The number of nitrogens with one attached hydrogen (secondary N) is 2. The number of hydrogen-bond acceptors (Lipinski definition) is 5. The van der Waals surface area contributed by atoms with Crippen LogP contribution in [-0.4, -0.2) is 30.7 Å². The van der Waals surface area contributed by atoms with Crippen molar-refractivity contribution in [3.8, 4) is 17.0 Å². The van der Waals surface area contributed by atoms with Gasteiger partial charge in [-0.05, 0) is 25.6 Å². The molecule has 0 radical (unpaired) electrons. The zero-order valence-corrected chi connectivity index (χ0v) is 16.8. The maximum atomic E-state index is 5.33. The number of rotatable bonds is 9. The van der Waals surface area contributed by atoms with E-state index in [1.165, 1.54) is 0 Å². The summed E-state index contributed by atoms with van der Waals surface area (Å²) in [5.74, 6) is 2.73. The van der Waals surface area contributed by atoms with Gasteiger partial charge in [0.25, 0.3) is 0 Å². The molecule has 0 aliphatic carbocycles. The van der Waals surface area contributed by atoms with Gasteiger partial charge in [0.1, 0.15) is 17.4 Å². The predicted octanol–water partition coefficient (Wildman–Crippen LogP) is 5.00. The Balaban J connectivity index is 2.01. The minimum atomic E-state index is 0.268. The molecule has 2 aromatic carbocycles. The molecule has 5 nitrogen and oxygen atoms in total. The second-order valence-electron chi connectivity index (χ2n) is 6.76. The lowest BCUT2D eigenvalue weighted by molar-refractivity contribution is 0.415. The highest BCUT2D eigenvalue weighted by molar-refractivity contribution is 5.66. The van der Waals surface area contributed by atoms with E-state index < -0.39 is 0 Å². The molecule has 0 bridgehead atoms. The molecule has 1 heterocycles. The third kappa shape index (κ3) is 5.08. The zero-order valence-electron chi connectivity index (χ0n) is 16.8. The van der Waals surface area contributed by atoms with Crippen LogP contribution in [0.15, 0.2) is 60.7 Å². The average molecular weight is 377 g/mol. The average Bonchev–Trinajstić information content (AvgIpc) is 2.74. The Kier molecular flexibility index (Phi) is 6.98. The molecule has 146 valence electrons. The number of nitrogens with zero attached hydrogens (tertiary/aromatic N) is 2. The third-order valence-corrected chi connectivity index (χ3v) is 4.61. The fraction of sp³-hybridized carbons (Fsp3) is 0.304. The van der Waals surface area contributed by atoms with Crippen LogP contribution in [0.2, 0.25) is 0 Å². The molecule has 0 aliphatic heterocycles. The summed E-state index contributed by atoms with van der Waals surface area (Å²) in [6.45, 7) is 3.05. The highest BCUT2D eigenvalue weighted by Gasteiger charge is 2.16. The topological polar surface area (TPSA) is 59.1 Å². The second kappa shape index (κ2) is 9.85. The van der Waals surface area contributed by atoms with Gasteiger partial charge in [0.05, 0.1) is 12.8 Å². The Morgan fingerprint density at radius 3 is 2.54 bits per heavy atom. The lowest BCUT2D eigenvalue weighted by Gasteiger charge is -2.17. The molecule has 1 aromatic heterocycles. The van der Waals surface area contributed by atoms with E-state index in [-0.39, 0.29) is 5.92 Å². The summed E-state index contributed by atoms with van der Waals surface area (Å²) in [7, 11) is 3.64. The lowest BCUT2D eigenvalue weighted by atomic mass is 10.0. The fourth-order valence-corrected chi connectivity index (χ4v) is 3.24. The summed E-state index contributed by atoms with van der Waals surface area (Å²) in [4.78, 5) is 9.74. The molecule has 1 atom stereocenters. The van der Waals surface area contributed by atoms with Crippen LogP contribution >= 0.6 is 0 Å². The number of likely N-dealkylation sites (N-methyl/N-ethyl adjacent to an activating group) is 1. The van der Waals surface area contributed by atoms with E-state index in [1.54, 1.807) is 7.11 Å². The number of hydrogen-bond donors (Lipinski definition) is 2. The molecule has 3 aromatic rings. The van der Waals surface area contributed by atoms with Crippen LogP contribution in [0, 0.1) is 0 Å². The normalized spacial score (nSPS) is 11.8. The van der Waals surface area contributed by atoms with Crippen molar-refractivity contribution >= 4 is 11.5 Å². The number of benzene rings is 2. The van der Waals surface area contributed by atoms with Gasteiger partial charge in [0, 0.05) is 35.8 Å². The van der Waals surface area contributed by atoms with Gasteiger partial charge in [-0.25, -0.2) is 9.97 Å². The molecule has 0 fully saturated rings. The minimum Gasteiger partial charge on any atom is -0.497 e. The minimum absolute atomic E-state index is 0.268. The summed E-state index contributed by atoms with van der Waals surface area (Å²) >= 11 is 0. The van der Waals surface area contributed by atoms with Gasteiger partial charge < -0.3 is 15.4 Å². The first-order valence-electron chi connectivity index (χ1n) is 9.73. The van der Waals surface area contributed by atoms with Gasteiger partial charge in [0.2, 0.25) is 0 Å². The number of methoxy groups -OCH3 is 1. The van der Waals surface area contributed by atoms with E-state index in [4.69, 9.17) is 14.7 Å². The van der Waals surface area contributed by atoms with E-state index in [1.807, 2.05) is 55.6 Å². The van der Waals surface area contributed by atoms with E-state index in [0.29, 0.717) is 0 Å². The molecule has 0 amide bonds. The van der Waals surface area contributed by atoms with Crippen LogP contribution < -0.4 is 15.4 Å². The monoisotopic (exact) mass is 376 g/mol. The molecule has 28 heavy (non-hydrogen) atoms. The maximum absolute atomic E-state index is 5.33. The smallest absolute Gasteiger partial charge is 0.135 e. The Bertz CT molecular complexity index is 877. The van der Waals surface area contributed by atoms with Crippen LogP contribution in [0.3, 0.4) is 0 Å². The highest BCUT2D eigenvalue weighted by Crippen LogP contribution is 2.27. The Hall–Kier alpha value is -2.92. The van der Waals surface area contributed by atoms with E-state index in [9.17, 15) is 0 Å². The van der Waals surface area contributed by atoms with Crippen LogP contribution in [0.1, 0.15) is 31.5 Å². The number of aromatic nitrogens is 2. The van der Waals surface area contributed by atoms with Crippen LogP contribution in [-0.2, 0) is 0 Å². The molecule has 0 saturated heterocycles. The van der Waals surface area contributed by atoms with Gasteiger partial charge >= 0.3 is 0 Å². The van der Waals surface area contributed by atoms with Crippen molar-refractivity contribution in [2.24, 2.45) is 0 Å². The zero-order chi connectivity index (χ0) is 19.8. The number of ether oxygens (including phenoxy) is 1. The van der Waals surface area contributed by atoms with Crippen molar-refractivity contribution < 1.29 is 4.74 Å². The van der Waals surface area contributed by atoms with Crippen molar-refractivity contribution in [3.05, 3.63) is 66.5 Å². The fourth-order valence-electron chi connectivity index (χ4n) is 3.24. The van der Waals surface area contributed by atoms with Gasteiger partial charge in [0.15, 0.2) is 0 Å². The SMILES string of the molecule is CCCC(CNC)c1nc(Nc2cccc(OC)c2)cc(-c2ccccc2)n1. The summed E-state index contributed by atoms with van der Waals surface area (Å²) in [6.07, 6.45) is 2.13. The standard InChI is InChI=1S/C23H28N4O/c1-4-9-18(16-24-2)23-26-21(17-10-6-5-7-11-17)15-22(27-23)25-19-12-8-13-20(14-19)28-3/h5-8,10-15,18,24H,4,9,16H2,1-3H3,(H,25,26,27). The third-order valence-electron chi connectivity index (χ3n) is 4.61. The lowest BCUT2D eigenvalue weighted by Crippen LogP contribution is -2.20. The molecular weight excluding hydrogens is 348 g/mol. The van der Waals surface area contributed by atoms with E-state index in [0.717, 1.165) is 53.7 Å². The number of anilines is 2. The molecule has 1 unspecified atom stereocenters. The summed E-state index contributed by atoms with van der Waals surface area (Å²) < 4.78 is 5.33. The summed E-state index contributed by atoms with van der Waals surface area (Å²) in [6, 6.07) is 20.1. The van der Waals surface area contributed by atoms with Crippen molar-refractivity contribution in [1.82, 2.24) is 15.3 Å². The van der Waals surface area contributed by atoms with Gasteiger partial charge in [-0.2, -0.15) is 0 Å². The van der Waals surface area contributed by atoms with Crippen LogP contribution in [0.5, 0.6) is 5.75 Å². The van der Waals surface area contributed by atoms with Gasteiger partial charge in [-0.1, -0.05) is 49.7 Å². The molecule has 0 aliphatic rings. The molecule has 0 saturated carbocycles. The molecule has 5 heteroatoms. The first-order valence-corrected chi connectivity index (χ1v) is 9.73.